The highest BCUT2D eigenvalue weighted by Crippen LogP contribution is 1.88. The van der Waals surface area contributed by atoms with Gasteiger partial charge in [0.05, 0.1) is 20.8 Å². The second-order valence-electron chi connectivity index (χ2n) is 4.81. The summed E-state index contributed by atoms with van der Waals surface area (Å²) in [6.07, 6.45) is 3.99. The fourth-order valence-corrected chi connectivity index (χ4v) is 0.724. The van der Waals surface area contributed by atoms with E-state index in [0.29, 0.717) is 17.8 Å². The zero-order valence-electron chi connectivity index (χ0n) is 17.4. The van der Waals surface area contributed by atoms with Crippen LogP contribution in [0.25, 0.3) is 0 Å². The number of unbranched alkanes of at least 4 members (excludes halogenated alkanes) is 1. The van der Waals surface area contributed by atoms with E-state index >= 15 is 0 Å². The van der Waals surface area contributed by atoms with Crippen molar-refractivity contribution in [2.24, 2.45) is 0 Å². The van der Waals surface area contributed by atoms with Crippen LogP contribution in [0.1, 0.15) is 33.6 Å². The lowest BCUT2D eigenvalue weighted by molar-refractivity contribution is -0.138. The third-order valence-corrected chi connectivity index (χ3v) is 2.15. The summed E-state index contributed by atoms with van der Waals surface area (Å²) in [5.74, 6) is -2.01. The molecule has 0 aliphatic carbocycles. The molecule has 0 heterocycles. The molecule has 0 fully saturated rings. The van der Waals surface area contributed by atoms with Crippen LogP contribution in [0.5, 0.6) is 0 Å². The predicted molar refractivity (Wildman–Crippen MR) is 108 cm³/mol. The van der Waals surface area contributed by atoms with Crippen molar-refractivity contribution >= 4 is 23.9 Å². The zero-order chi connectivity index (χ0) is 23.1. The summed E-state index contributed by atoms with van der Waals surface area (Å²) in [6.45, 7) is 18.7. The quantitative estimate of drug-likeness (QED) is 0.300. The topological polar surface area (TPSA) is 116 Å². The molecule has 0 saturated heterocycles. The van der Waals surface area contributed by atoms with Gasteiger partial charge in [0, 0.05) is 23.3 Å². The molecule has 160 valence electrons. The van der Waals surface area contributed by atoms with Crippen LogP contribution in [-0.4, -0.2) is 49.8 Å². The molecule has 0 atom stereocenters. The van der Waals surface area contributed by atoms with Gasteiger partial charge in [-0.05, 0) is 20.3 Å². The summed E-state index contributed by atoms with van der Waals surface area (Å²) >= 11 is 0. The van der Waals surface area contributed by atoms with Crippen molar-refractivity contribution in [1.29, 1.82) is 0 Å². The number of ether oxygens (including phenoxy) is 3. The van der Waals surface area contributed by atoms with Gasteiger partial charge in [-0.25, -0.2) is 19.2 Å². The standard InChI is InChI=1S/C7H12O2.2C5H8O2.C3H4O2/c1-3-5-6-9-7(8)4-2;2*1-4(2)5(6)7-3;1-2-3(4)5/h4H,2-3,5-6H2,1H3;2*1H2,2-3H3;2H,1H2,(H,4,5). The summed E-state index contributed by atoms with van der Waals surface area (Å²) in [7, 11) is 2.66. The zero-order valence-corrected chi connectivity index (χ0v) is 17.4. The van der Waals surface area contributed by atoms with Crippen molar-refractivity contribution in [1.82, 2.24) is 0 Å². The van der Waals surface area contributed by atoms with Crippen LogP contribution in [0, 0.1) is 0 Å². The van der Waals surface area contributed by atoms with Crippen LogP contribution in [0.2, 0.25) is 0 Å². The van der Waals surface area contributed by atoms with Gasteiger partial charge in [0.2, 0.25) is 0 Å². The summed E-state index contributed by atoms with van der Waals surface area (Å²) < 4.78 is 13.2. The highest BCUT2D eigenvalue weighted by molar-refractivity contribution is 5.87. The van der Waals surface area contributed by atoms with Crippen molar-refractivity contribution in [2.45, 2.75) is 33.6 Å². The number of carbonyl (C=O) groups is 4. The van der Waals surface area contributed by atoms with Crippen molar-refractivity contribution in [3.05, 3.63) is 49.6 Å². The molecule has 0 spiro atoms. The van der Waals surface area contributed by atoms with Gasteiger partial charge in [0.15, 0.2) is 0 Å². The van der Waals surface area contributed by atoms with E-state index in [4.69, 9.17) is 5.11 Å². The van der Waals surface area contributed by atoms with Crippen LogP contribution in [0.3, 0.4) is 0 Å². The molecular weight excluding hydrogens is 368 g/mol. The van der Waals surface area contributed by atoms with Crippen LogP contribution >= 0.6 is 0 Å². The lowest BCUT2D eigenvalue weighted by atomic mass is 10.4. The monoisotopic (exact) mass is 400 g/mol. The Balaban J connectivity index is -0.000000140. The predicted octanol–water partition coefficient (Wildman–Crippen LogP) is 3.24. The van der Waals surface area contributed by atoms with E-state index in [-0.39, 0.29) is 17.9 Å². The third-order valence-electron chi connectivity index (χ3n) is 2.15. The Morgan fingerprint density at radius 1 is 0.893 bits per heavy atom. The van der Waals surface area contributed by atoms with Gasteiger partial charge in [0.1, 0.15) is 0 Å². The van der Waals surface area contributed by atoms with Crippen molar-refractivity contribution < 1.29 is 38.5 Å². The van der Waals surface area contributed by atoms with Crippen LogP contribution < -0.4 is 0 Å². The van der Waals surface area contributed by atoms with Crippen molar-refractivity contribution in [3.63, 3.8) is 0 Å². The molecule has 0 aromatic rings. The number of methoxy groups -OCH3 is 2. The van der Waals surface area contributed by atoms with Crippen LogP contribution in [-0.2, 0) is 33.4 Å². The van der Waals surface area contributed by atoms with Crippen molar-refractivity contribution in [2.75, 3.05) is 20.8 Å². The maximum atomic E-state index is 10.3. The molecule has 8 heteroatoms. The number of rotatable bonds is 7. The van der Waals surface area contributed by atoms with Gasteiger partial charge in [-0.3, -0.25) is 0 Å². The minimum Gasteiger partial charge on any atom is -0.478 e. The fourth-order valence-electron chi connectivity index (χ4n) is 0.724. The highest BCUT2D eigenvalue weighted by Gasteiger charge is 1.96. The van der Waals surface area contributed by atoms with Gasteiger partial charge in [0.25, 0.3) is 0 Å². The van der Waals surface area contributed by atoms with Gasteiger partial charge >= 0.3 is 23.9 Å². The summed E-state index contributed by atoms with van der Waals surface area (Å²) in [6, 6.07) is 0. The average molecular weight is 400 g/mol. The van der Waals surface area contributed by atoms with E-state index in [9.17, 15) is 19.2 Å². The number of hydrogen-bond acceptors (Lipinski definition) is 7. The summed E-state index contributed by atoms with van der Waals surface area (Å²) in [4.78, 5) is 40.0. The Kier molecular flexibility index (Phi) is 27.7. The first-order valence-electron chi connectivity index (χ1n) is 8.07. The van der Waals surface area contributed by atoms with Gasteiger partial charge in [-0.15, -0.1) is 0 Å². The van der Waals surface area contributed by atoms with E-state index in [1.165, 1.54) is 20.3 Å². The van der Waals surface area contributed by atoms with E-state index in [1.54, 1.807) is 13.8 Å². The Bertz CT molecular complexity index is 506. The molecule has 0 aromatic heterocycles. The van der Waals surface area contributed by atoms with Gasteiger partial charge in [-0.2, -0.15) is 0 Å². The molecule has 0 saturated carbocycles. The lowest BCUT2D eigenvalue weighted by Crippen LogP contribution is -2.00. The van der Waals surface area contributed by atoms with Gasteiger partial charge in [-0.1, -0.05) is 39.7 Å². The SMILES string of the molecule is C=C(C)C(=O)OC.C=C(C)C(=O)OC.C=CC(=O)O.C=CC(=O)OCCCC. The normalized spacial score (nSPS) is 7.75. The number of esters is 3. The molecule has 0 aliphatic rings. The second kappa shape index (κ2) is 23.8. The molecule has 0 rings (SSSR count). The molecule has 0 bridgehead atoms. The first kappa shape index (κ1) is 32.5. The second-order valence-corrected chi connectivity index (χ2v) is 4.81. The maximum Gasteiger partial charge on any atom is 0.332 e. The van der Waals surface area contributed by atoms with E-state index in [2.05, 4.69) is 40.5 Å². The minimum absolute atomic E-state index is 0.330. The molecule has 28 heavy (non-hydrogen) atoms. The molecular formula is C20H32O8. The Labute approximate surface area is 167 Å². The molecule has 0 amide bonds. The smallest absolute Gasteiger partial charge is 0.332 e. The van der Waals surface area contributed by atoms with Crippen molar-refractivity contribution in [3.8, 4) is 0 Å². The van der Waals surface area contributed by atoms with Crippen LogP contribution in [0.15, 0.2) is 49.6 Å². The molecule has 0 radical (unpaired) electrons. The number of carboxylic acid groups (broad SMARTS) is 1. The Morgan fingerprint density at radius 3 is 1.39 bits per heavy atom. The van der Waals surface area contributed by atoms with E-state index in [0.717, 1.165) is 18.9 Å². The average Bonchev–Trinajstić information content (AvgIpc) is 2.67. The van der Waals surface area contributed by atoms with E-state index < -0.39 is 5.97 Å². The molecule has 0 unspecified atom stereocenters. The minimum atomic E-state index is -0.981. The fraction of sp³-hybridized carbons (Fsp3) is 0.400. The highest BCUT2D eigenvalue weighted by atomic mass is 16.5. The molecule has 8 nitrogen and oxygen atoms in total. The largest absolute Gasteiger partial charge is 0.478 e. The number of hydrogen-bond donors (Lipinski definition) is 1. The van der Waals surface area contributed by atoms with Gasteiger partial charge < -0.3 is 19.3 Å². The number of carboxylic acids is 1. The maximum absolute atomic E-state index is 10.3. The summed E-state index contributed by atoms with van der Waals surface area (Å²) in [5, 5.41) is 7.60. The number of aliphatic carboxylic acids is 1. The molecule has 1 N–H and O–H groups in total. The first-order chi connectivity index (χ1) is 12.9. The first-order valence-corrected chi connectivity index (χ1v) is 8.07. The van der Waals surface area contributed by atoms with E-state index in [1.807, 2.05) is 6.92 Å². The lowest BCUT2D eigenvalue weighted by Gasteiger charge is -1.97. The Morgan fingerprint density at radius 2 is 1.25 bits per heavy atom. The van der Waals surface area contributed by atoms with Crippen LogP contribution in [0.4, 0.5) is 0 Å². The molecule has 0 aliphatic heterocycles. The molecule has 0 aromatic carbocycles. The summed E-state index contributed by atoms with van der Waals surface area (Å²) in [5.41, 5.74) is 0.866. The number of carbonyl (C=O) groups excluding carboxylic acids is 3. The third kappa shape index (κ3) is 34.2. The Hall–Kier alpha value is -3.16.